The molecule has 7 nitrogen and oxygen atoms in total. The van der Waals surface area contributed by atoms with Crippen LogP contribution in [0.4, 0.5) is 10.1 Å². The lowest BCUT2D eigenvalue weighted by Crippen LogP contribution is -2.41. The van der Waals surface area contributed by atoms with Crippen molar-refractivity contribution in [1.29, 1.82) is 0 Å². The van der Waals surface area contributed by atoms with Crippen LogP contribution in [0.5, 0.6) is 0 Å². The van der Waals surface area contributed by atoms with Gasteiger partial charge in [0.15, 0.2) is 5.65 Å². The van der Waals surface area contributed by atoms with Crippen LogP contribution in [0.2, 0.25) is 0 Å². The second-order valence-corrected chi connectivity index (χ2v) is 9.76. The van der Waals surface area contributed by atoms with Crippen molar-refractivity contribution in [3.63, 3.8) is 0 Å². The largest absolute Gasteiger partial charge is 0.371 e. The quantitative estimate of drug-likeness (QED) is 0.455. The van der Waals surface area contributed by atoms with Crippen LogP contribution in [-0.2, 0) is 7.05 Å². The highest BCUT2D eigenvalue weighted by molar-refractivity contribution is 6.02. The van der Waals surface area contributed by atoms with E-state index in [1.165, 1.54) is 10.6 Å². The smallest absolute Gasteiger partial charge is 0.330 e. The number of hydrogen-bond donors (Lipinski definition) is 0. The number of aromatic nitrogens is 4. The Morgan fingerprint density at radius 2 is 1.74 bits per heavy atom. The lowest BCUT2D eigenvalue weighted by Gasteiger charge is -2.36. The first-order valence-corrected chi connectivity index (χ1v) is 11.8. The van der Waals surface area contributed by atoms with E-state index in [2.05, 4.69) is 46.2 Å². The van der Waals surface area contributed by atoms with Gasteiger partial charge in [0, 0.05) is 54.9 Å². The first-order chi connectivity index (χ1) is 16.3. The summed E-state index contributed by atoms with van der Waals surface area (Å²) in [5.74, 6) is -0.352. The Hall–Kier alpha value is -3.26. The van der Waals surface area contributed by atoms with Crippen LogP contribution in [0, 0.1) is 5.82 Å². The monoisotopic (exact) mass is 462 g/mol. The molecule has 0 spiro atoms. The van der Waals surface area contributed by atoms with Crippen LogP contribution < -0.4 is 10.6 Å². The van der Waals surface area contributed by atoms with Crippen LogP contribution in [0.3, 0.4) is 0 Å². The van der Waals surface area contributed by atoms with E-state index in [0.717, 1.165) is 42.6 Å². The van der Waals surface area contributed by atoms with E-state index >= 15 is 4.39 Å². The van der Waals surface area contributed by atoms with Gasteiger partial charge in [-0.15, -0.1) is 10.2 Å². The molecule has 1 fully saturated rings. The maximum absolute atomic E-state index is 15.2. The maximum Gasteiger partial charge on any atom is 0.330 e. The molecule has 0 N–H and O–H groups in total. The molecule has 4 aromatic rings. The van der Waals surface area contributed by atoms with Crippen molar-refractivity contribution in [1.82, 2.24) is 24.2 Å². The fourth-order valence-corrected chi connectivity index (χ4v) is 5.11. The summed E-state index contributed by atoms with van der Waals surface area (Å²) < 4.78 is 18.4. The van der Waals surface area contributed by atoms with E-state index in [0.29, 0.717) is 28.3 Å². The highest BCUT2D eigenvalue weighted by Crippen LogP contribution is 2.32. The summed E-state index contributed by atoms with van der Waals surface area (Å²) >= 11 is 0. The first-order valence-electron chi connectivity index (χ1n) is 11.8. The number of anilines is 1. The number of halogens is 1. The number of hydrogen-bond acceptors (Lipinski definition) is 5. The molecule has 2 aromatic carbocycles. The molecule has 0 amide bonds. The molecular weight excluding hydrogens is 431 g/mol. The summed E-state index contributed by atoms with van der Waals surface area (Å²) in [4.78, 5) is 17.5. The Kier molecular flexibility index (Phi) is 5.64. The molecule has 178 valence electrons. The van der Waals surface area contributed by atoms with Crippen molar-refractivity contribution in [2.75, 3.05) is 32.1 Å². The molecule has 1 saturated heterocycles. The molecule has 0 unspecified atom stereocenters. The fourth-order valence-electron chi connectivity index (χ4n) is 5.11. The predicted octanol–water partition coefficient (Wildman–Crippen LogP) is 4.20. The molecule has 0 saturated carbocycles. The van der Waals surface area contributed by atoms with Crippen molar-refractivity contribution in [2.45, 2.75) is 38.8 Å². The van der Waals surface area contributed by atoms with Crippen molar-refractivity contribution in [2.24, 2.45) is 7.05 Å². The molecule has 2 aromatic heterocycles. The number of benzene rings is 2. The maximum atomic E-state index is 15.2. The summed E-state index contributed by atoms with van der Waals surface area (Å²) in [6.07, 6.45) is 2.28. The van der Waals surface area contributed by atoms with E-state index < -0.39 is 0 Å². The average Bonchev–Trinajstić information content (AvgIpc) is 3.09. The third kappa shape index (κ3) is 3.66. The second kappa shape index (κ2) is 8.51. The van der Waals surface area contributed by atoms with Crippen LogP contribution in [0.25, 0.3) is 33.2 Å². The van der Waals surface area contributed by atoms with Gasteiger partial charge >= 0.3 is 5.69 Å². The van der Waals surface area contributed by atoms with Crippen molar-refractivity contribution in [3.8, 4) is 11.1 Å². The lowest BCUT2D eigenvalue weighted by atomic mass is 10.0. The van der Waals surface area contributed by atoms with Gasteiger partial charge in [0.2, 0.25) is 0 Å². The summed E-state index contributed by atoms with van der Waals surface area (Å²) in [6, 6.07) is 11.9. The van der Waals surface area contributed by atoms with E-state index in [4.69, 9.17) is 0 Å². The molecule has 5 rings (SSSR count). The van der Waals surface area contributed by atoms with Gasteiger partial charge in [-0.3, -0.25) is 9.13 Å². The number of rotatable bonds is 4. The van der Waals surface area contributed by atoms with Crippen molar-refractivity contribution >= 4 is 27.8 Å². The van der Waals surface area contributed by atoms with Gasteiger partial charge in [0.05, 0.1) is 5.52 Å². The zero-order chi connectivity index (χ0) is 24.1. The fraction of sp³-hybridized carbons (Fsp3) is 0.423. The van der Waals surface area contributed by atoms with E-state index in [1.807, 2.05) is 26.0 Å². The number of aryl methyl sites for hydroxylation is 1. The minimum atomic E-state index is -0.352. The van der Waals surface area contributed by atoms with Gasteiger partial charge in [-0.25, -0.2) is 9.18 Å². The molecule has 0 radical (unpaired) electrons. The van der Waals surface area contributed by atoms with Crippen LogP contribution in [0.1, 0.15) is 32.7 Å². The highest BCUT2D eigenvalue weighted by atomic mass is 19.1. The molecule has 8 heteroatoms. The second-order valence-electron chi connectivity index (χ2n) is 9.76. The van der Waals surface area contributed by atoms with Gasteiger partial charge in [-0.2, -0.15) is 0 Å². The minimum absolute atomic E-state index is 0.0620. The predicted molar refractivity (Wildman–Crippen MR) is 135 cm³/mol. The summed E-state index contributed by atoms with van der Waals surface area (Å²) in [7, 11) is 5.97. The minimum Gasteiger partial charge on any atom is -0.371 e. The number of imidazole rings is 1. The zero-order valence-corrected chi connectivity index (χ0v) is 20.4. The molecule has 0 bridgehead atoms. The molecule has 3 heterocycles. The van der Waals surface area contributed by atoms with Gasteiger partial charge in [-0.05, 0) is 64.5 Å². The van der Waals surface area contributed by atoms with E-state index in [1.54, 1.807) is 17.7 Å². The summed E-state index contributed by atoms with van der Waals surface area (Å²) in [6.45, 7) is 5.95. The Labute approximate surface area is 198 Å². The number of nitrogens with zero attached hydrogens (tertiary/aromatic N) is 6. The Balaban J connectivity index is 1.55. The average molecular weight is 463 g/mol. The molecule has 0 aliphatic carbocycles. The van der Waals surface area contributed by atoms with Crippen LogP contribution in [-0.4, -0.2) is 57.5 Å². The Bertz CT molecular complexity index is 1410. The summed E-state index contributed by atoms with van der Waals surface area (Å²) in [5, 5.41) is 9.14. The van der Waals surface area contributed by atoms with Gasteiger partial charge < -0.3 is 9.80 Å². The third-order valence-corrected chi connectivity index (χ3v) is 7.11. The normalized spacial score (nSPS) is 15.4. The highest BCUT2D eigenvalue weighted by Gasteiger charge is 2.22. The van der Waals surface area contributed by atoms with Crippen molar-refractivity contribution in [3.05, 3.63) is 52.7 Å². The Morgan fingerprint density at radius 3 is 2.35 bits per heavy atom. The van der Waals surface area contributed by atoms with E-state index in [9.17, 15) is 4.79 Å². The molecule has 0 atom stereocenters. The molecule has 1 aliphatic rings. The van der Waals surface area contributed by atoms with Crippen molar-refractivity contribution < 1.29 is 4.39 Å². The first kappa shape index (κ1) is 22.5. The molecular formula is C26H31FN6O. The zero-order valence-electron chi connectivity index (χ0n) is 20.4. The molecule has 1 aliphatic heterocycles. The number of fused-ring (bicyclic) bond motifs is 3. The van der Waals surface area contributed by atoms with Crippen LogP contribution in [0.15, 0.2) is 41.2 Å². The van der Waals surface area contributed by atoms with Gasteiger partial charge in [-0.1, -0.05) is 12.1 Å². The third-order valence-electron chi connectivity index (χ3n) is 7.11. The van der Waals surface area contributed by atoms with Gasteiger partial charge in [0.25, 0.3) is 0 Å². The lowest BCUT2D eigenvalue weighted by molar-refractivity contribution is 0.249. The van der Waals surface area contributed by atoms with Crippen LogP contribution >= 0.6 is 0 Å². The van der Waals surface area contributed by atoms with E-state index in [-0.39, 0.29) is 17.5 Å². The molecule has 34 heavy (non-hydrogen) atoms. The topological polar surface area (TPSA) is 59.2 Å². The number of piperidine rings is 1. The summed E-state index contributed by atoms with van der Waals surface area (Å²) in [5.41, 5.74) is 3.92. The van der Waals surface area contributed by atoms with Gasteiger partial charge in [0.1, 0.15) is 11.3 Å². The standard InChI is InChI=1S/C26H31FN6O/c1-16(2)33-24-21-14-20(22(27)15-23(21)28-29-25(24)31(5)26(33)34)17-6-8-19(9-7-17)32-12-10-18(11-13-32)30(3)4/h6-9,14-16,18H,10-13H2,1-5H3. The Morgan fingerprint density at radius 1 is 1.06 bits per heavy atom. The SMILES string of the molecule is CC(C)n1c(=O)n(C)c2nnc3cc(F)c(-c4ccc(N5CCC(N(C)C)CC5)cc4)cc3c21.